The molecule has 0 fully saturated rings. The molecule has 3 heterocycles. The average Bonchev–Trinajstić information content (AvgIpc) is 3.36. The Morgan fingerprint density at radius 2 is 1.96 bits per heavy atom. The number of hydrogen-bond donors (Lipinski definition) is 2. The van der Waals surface area contributed by atoms with Crippen LogP contribution in [0.2, 0.25) is 4.34 Å². The fraction of sp³-hybridized carbons (Fsp3) is 0.111. The van der Waals surface area contributed by atoms with Gasteiger partial charge in [-0.2, -0.15) is 0 Å². The van der Waals surface area contributed by atoms with Crippen molar-refractivity contribution in [2.45, 2.75) is 10.1 Å². The van der Waals surface area contributed by atoms with Crippen LogP contribution in [0.5, 0.6) is 0 Å². The van der Waals surface area contributed by atoms with Crippen LogP contribution in [0.15, 0.2) is 64.3 Å². The van der Waals surface area contributed by atoms with Gasteiger partial charge in [-0.25, -0.2) is 13.1 Å². The molecule has 0 spiro atoms. The maximum Gasteiger partial charge on any atom is 0.250 e. The molecule has 1 unspecified atom stereocenters. The fourth-order valence-corrected chi connectivity index (χ4v) is 6.36. The van der Waals surface area contributed by atoms with Crippen LogP contribution in [-0.2, 0) is 10.0 Å². The minimum absolute atomic E-state index is 0.0728. The largest absolute Gasteiger partial charge is 0.361 e. The Morgan fingerprint density at radius 1 is 1.12 bits per heavy atom. The van der Waals surface area contributed by atoms with Crippen molar-refractivity contribution in [3.05, 3.63) is 74.9 Å². The van der Waals surface area contributed by atoms with E-state index in [1.165, 1.54) is 6.07 Å². The molecule has 26 heavy (non-hydrogen) atoms. The number of hydrogen-bond acceptors (Lipinski definition) is 4. The lowest BCUT2D eigenvalue weighted by Gasteiger charge is -2.16. The van der Waals surface area contributed by atoms with Crippen LogP contribution in [0.25, 0.3) is 10.9 Å². The molecule has 2 N–H and O–H groups in total. The van der Waals surface area contributed by atoms with E-state index < -0.39 is 10.0 Å². The number of nitrogens with one attached hydrogen (secondary N) is 2. The molecule has 4 aromatic rings. The predicted molar refractivity (Wildman–Crippen MR) is 109 cm³/mol. The third-order valence-electron chi connectivity index (χ3n) is 4.17. The van der Waals surface area contributed by atoms with E-state index in [9.17, 15) is 8.42 Å². The zero-order valence-electron chi connectivity index (χ0n) is 13.5. The van der Waals surface area contributed by atoms with Gasteiger partial charge >= 0.3 is 0 Å². The molecular formula is C18H15ClN2O2S3. The number of H-pyrrole nitrogens is 1. The number of benzene rings is 1. The summed E-state index contributed by atoms with van der Waals surface area (Å²) >= 11 is 8.56. The summed E-state index contributed by atoms with van der Waals surface area (Å²) in [5.74, 6) is -0.0728. The van der Waals surface area contributed by atoms with Gasteiger partial charge in [-0.3, -0.25) is 0 Å². The van der Waals surface area contributed by atoms with Crippen LogP contribution >= 0.6 is 34.3 Å². The van der Waals surface area contributed by atoms with E-state index in [2.05, 4.69) is 15.8 Å². The molecule has 1 atom stereocenters. The third kappa shape index (κ3) is 3.45. The van der Waals surface area contributed by atoms with Crippen molar-refractivity contribution >= 4 is 55.2 Å². The smallest absolute Gasteiger partial charge is 0.250 e. The van der Waals surface area contributed by atoms with E-state index in [4.69, 9.17) is 11.6 Å². The number of aromatic amines is 1. The van der Waals surface area contributed by atoms with Gasteiger partial charge in [0, 0.05) is 34.4 Å². The molecule has 0 aliphatic heterocycles. The summed E-state index contributed by atoms with van der Waals surface area (Å²) < 4.78 is 28.6. The van der Waals surface area contributed by atoms with E-state index in [-0.39, 0.29) is 16.7 Å². The highest BCUT2D eigenvalue weighted by atomic mass is 35.5. The van der Waals surface area contributed by atoms with Gasteiger partial charge in [0.1, 0.15) is 4.21 Å². The van der Waals surface area contributed by atoms with Crippen molar-refractivity contribution in [3.63, 3.8) is 0 Å². The first-order valence-corrected chi connectivity index (χ1v) is 11.4. The highest BCUT2D eigenvalue weighted by Crippen LogP contribution is 2.33. The summed E-state index contributed by atoms with van der Waals surface area (Å²) in [4.78, 5) is 4.39. The molecule has 0 saturated heterocycles. The van der Waals surface area contributed by atoms with Gasteiger partial charge in [0.05, 0.1) is 4.34 Å². The van der Waals surface area contributed by atoms with E-state index in [0.29, 0.717) is 4.34 Å². The quantitative estimate of drug-likeness (QED) is 0.456. The maximum absolute atomic E-state index is 12.6. The number of fused-ring (bicyclic) bond motifs is 1. The molecule has 0 amide bonds. The molecular weight excluding hydrogens is 408 g/mol. The maximum atomic E-state index is 12.6. The van der Waals surface area contributed by atoms with E-state index in [0.717, 1.165) is 32.7 Å². The second-order valence-electron chi connectivity index (χ2n) is 5.77. The van der Waals surface area contributed by atoms with Crippen molar-refractivity contribution in [1.82, 2.24) is 9.71 Å². The molecule has 1 aromatic carbocycles. The summed E-state index contributed by atoms with van der Waals surface area (Å²) in [7, 11) is -3.59. The Balaban J connectivity index is 1.67. The molecule has 4 rings (SSSR count). The first kappa shape index (κ1) is 17.8. The Kier molecular flexibility index (Phi) is 4.90. The Morgan fingerprint density at radius 3 is 2.69 bits per heavy atom. The zero-order valence-corrected chi connectivity index (χ0v) is 16.7. The number of sulfonamides is 1. The average molecular weight is 423 g/mol. The summed E-state index contributed by atoms with van der Waals surface area (Å²) in [6, 6.07) is 15.2. The summed E-state index contributed by atoms with van der Waals surface area (Å²) in [5, 5.41) is 3.11. The molecule has 0 bridgehead atoms. The van der Waals surface area contributed by atoms with Crippen LogP contribution < -0.4 is 4.72 Å². The fourth-order valence-electron chi connectivity index (χ4n) is 2.94. The first-order valence-electron chi connectivity index (χ1n) is 7.89. The van der Waals surface area contributed by atoms with E-state index in [1.807, 2.05) is 41.9 Å². The lowest BCUT2D eigenvalue weighted by Crippen LogP contribution is -2.28. The molecule has 8 heteroatoms. The van der Waals surface area contributed by atoms with Crippen molar-refractivity contribution < 1.29 is 8.42 Å². The van der Waals surface area contributed by atoms with Crippen molar-refractivity contribution in [2.24, 2.45) is 0 Å². The van der Waals surface area contributed by atoms with Crippen molar-refractivity contribution in [3.8, 4) is 0 Å². The second-order valence-corrected chi connectivity index (χ2v) is 10.5. The van der Waals surface area contributed by atoms with Gasteiger partial charge < -0.3 is 4.98 Å². The molecule has 0 saturated carbocycles. The van der Waals surface area contributed by atoms with E-state index >= 15 is 0 Å². The van der Waals surface area contributed by atoms with Gasteiger partial charge in [-0.05, 0) is 35.2 Å². The monoisotopic (exact) mass is 422 g/mol. The van der Waals surface area contributed by atoms with Crippen LogP contribution in [0.3, 0.4) is 0 Å². The van der Waals surface area contributed by atoms with Gasteiger partial charge in [0.15, 0.2) is 0 Å². The molecule has 4 nitrogen and oxygen atoms in total. The second kappa shape index (κ2) is 7.17. The highest BCUT2D eigenvalue weighted by Gasteiger charge is 2.23. The Bertz CT molecular complexity index is 1130. The molecule has 0 radical (unpaired) electrons. The highest BCUT2D eigenvalue weighted by molar-refractivity contribution is 7.91. The standard InChI is InChI=1S/C18H15ClN2O2S3/c19-17-7-8-18(25-17)26(22,23)21-11-14(16-6-3-9-24-16)13-10-20-15-5-2-1-4-12(13)15/h1-10,14,20-21H,11H2. The number of halogens is 1. The number of aromatic nitrogens is 1. The van der Waals surface area contributed by atoms with Crippen molar-refractivity contribution in [2.75, 3.05) is 6.54 Å². The minimum atomic E-state index is -3.59. The summed E-state index contributed by atoms with van der Waals surface area (Å²) in [6.07, 6.45) is 1.96. The number of para-hydroxylation sites is 1. The summed E-state index contributed by atoms with van der Waals surface area (Å²) in [5.41, 5.74) is 2.12. The van der Waals surface area contributed by atoms with Gasteiger partial charge in [-0.15, -0.1) is 22.7 Å². The Labute approximate surface area is 164 Å². The van der Waals surface area contributed by atoms with Crippen LogP contribution in [0.4, 0.5) is 0 Å². The molecule has 3 aromatic heterocycles. The number of thiophene rings is 2. The lowest BCUT2D eigenvalue weighted by atomic mass is 9.97. The predicted octanol–water partition coefficient (Wildman–Crippen LogP) is 5.05. The summed E-state index contributed by atoms with van der Waals surface area (Å²) in [6.45, 7) is 0.278. The Hall–Kier alpha value is -1.64. The van der Waals surface area contributed by atoms with Crippen LogP contribution in [0, 0.1) is 0 Å². The topological polar surface area (TPSA) is 62.0 Å². The molecule has 0 aliphatic carbocycles. The molecule has 134 valence electrons. The molecule has 0 aliphatic rings. The van der Waals surface area contributed by atoms with Crippen LogP contribution in [0.1, 0.15) is 16.4 Å². The van der Waals surface area contributed by atoms with Crippen molar-refractivity contribution in [1.29, 1.82) is 0 Å². The normalized spacial score (nSPS) is 13.3. The van der Waals surface area contributed by atoms with Gasteiger partial charge in [0.25, 0.3) is 0 Å². The SMILES string of the molecule is O=S(=O)(NCC(c1cccs1)c1c[nH]c2ccccc12)c1ccc(Cl)s1. The zero-order chi connectivity index (χ0) is 18.1. The first-order chi connectivity index (χ1) is 12.5. The minimum Gasteiger partial charge on any atom is -0.361 e. The number of rotatable bonds is 6. The van der Waals surface area contributed by atoms with Crippen LogP contribution in [-0.4, -0.2) is 19.9 Å². The lowest BCUT2D eigenvalue weighted by molar-refractivity contribution is 0.580. The van der Waals surface area contributed by atoms with Gasteiger partial charge in [0.2, 0.25) is 10.0 Å². The third-order valence-corrected chi connectivity index (χ3v) is 8.31. The van der Waals surface area contributed by atoms with Gasteiger partial charge in [-0.1, -0.05) is 35.9 Å². The van der Waals surface area contributed by atoms with E-state index in [1.54, 1.807) is 17.4 Å².